The van der Waals surface area contributed by atoms with Crippen LogP contribution in [0.3, 0.4) is 0 Å². The first kappa shape index (κ1) is 10.7. The standard InChI is InChI=1S/C16H14N2/c17-15-10-4-9-14(16(15)18)13-8-3-6-11-5-1-2-7-12(11)13/h1-10H,17-18H2. The van der Waals surface area contributed by atoms with Crippen LogP contribution in [0.4, 0.5) is 11.4 Å². The van der Waals surface area contributed by atoms with E-state index in [4.69, 9.17) is 11.5 Å². The van der Waals surface area contributed by atoms with Crippen molar-refractivity contribution in [3.05, 3.63) is 60.7 Å². The molecule has 0 fully saturated rings. The van der Waals surface area contributed by atoms with Crippen molar-refractivity contribution in [2.24, 2.45) is 0 Å². The van der Waals surface area contributed by atoms with E-state index in [9.17, 15) is 0 Å². The molecule has 0 heterocycles. The second-order valence-corrected chi connectivity index (χ2v) is 4.34. The number of anilines is 2. The molecular formula is C16H14N2. The van der Waals surface area contributed by atoms with Gasteiger partial charge in [0, 0.05) is 5.56 Å². The van der Waals surface area contributed by atoms with Gasteiger partial charge < -0.3 is 11.5 Å². The third kappa shape index (κ3) is 1.59. The maximum absolute atomic E-state index is 6.08. The predicted octanol–water partition coefficient (Wildman–Crippen LogP) is 3.67. The number of hydrogen-bond acceptors (Lipinski definition) is 2. The molecule has 0 spiro atoms. The molecule has 0 aliphatic rings. The van der Waals surface area contributed by atoms with Crippen LogP contribution in [0, 0.1) is 0 Å². The summed E-state index contributed by atoms with van der Waals surface area (Å²) in [7, 11) is 0. The molecule has 0 saturated heterocycles. The Kier molecular flexibility index (Phi) is 2.41. The van der Waals surface area contributed by atoms with E-state index in [2.05, 4.69) is 24.3 Å². The number of nitrogen functional groups attached to an aromatic ring is 2. The van der Waals surface area contributed by atoms with Gasteiger partial charge in [-0.3, -0.25) is 0 Å². The normalized spacial score (nSPS) is 10.7. The lowest BCUT2D eigenvalue weighted by atomic mass is 9.97. The summed E-state index contributed by atoms with van der Waals surface area (Å²) in [6, 6.07) is 20.3. The Morgan fingerprint density at radius 3 is 2.17 bits per heavy atom. The molecule has 0 amide bonds. The summed E-state index contributed by atoms with van der Waals surface area (Å²) in [6.07, 6.45) is 0. The molecule has 3 aromatic carbocycles. The predicted molar refractivity (Wildman–Crippen MR) is 78.2 cm³/mol. The van der Waals surface area contributed by atoms with Crippen LogP contribution in [0.5, 0.6) is 0 Å². The van der Waals surface area contributed by atoms with Crippen molar-refractivity contribution < 1.29 is 0 Å². The molecule has 0 saturated carbocycles. The van der Waals surface area contributed by atoms with Gasteiger partial charge in [0.25, 0.3) is 0 Å². The van der Waals surface area contributed by atoms with Crippen LogP contribution in [-0.2, 0) is 0 Å². The molecule has 0 unspecified atom stereocenters. The summed E-state index contributed by atoms with van der Waals surface area (Å²) in [4.78, 5) is 0. The van der Waals surface area contributed by atoms with Gasteiger partial charge in [-0.05, 0) is 22.4 Å². The van der Waals surface area contributed by atoms with Gasteiger partial charge in [-0.15, -0.1) is 0 Å². The zero-order valence-electron chi connectivity index (χ0n) is 9.93. The minimum absolute atomic E-state index is 0.625. The zero-order valence-corrected chi connectivity index (χ0v) is 9.93. The van der Waals surface area contributed by atoms with E-state index in [1.54, 1.807) is 0 Å². The summed E-state index contributed by atoms with van der Waals surface area (Å²) in [5.41, 5.74) is 15.3. The van der Waals surface area contributed by atoms with Crippen molar-refractivity contribution in [1.29, 1.82) is 0 Å². The lowest BCUT2D eigenvalue weighted by Gasteiger charge is -2.11. The average Bonchev–Trinajstić information content (AvgIpc) is 2.41. The monoisotopic (exact) mass is 234 g/mol. The lowest BCUT2D eigenvalue weighted by Crippen LogP contribution is -1.97. The number of hydrogen-bond donors (Lipinski definition) is 2. The van der Waals surface area contributed by atoms with Crippen LogP contribution in [0.25, 0.3) is 21.9 Å². The molecule has 0 bridgehead atoms. The third-order valence-corrected chi connectivity index (χ3v) is 3.22. The Morgan fingerprint density at radius 2 is 1.28 bits per heavy atom. The fraction of sp³-hybridized carbons (Fsp3) is 0. The first-order chi connectivity index (χ1) is 8.77. The van der Waals surface area contributed by atoms with Gasteiger partial charge in [-0.1, -0.05) is 54.6 Å². The molecule has 0 atom stereocenters. The first-order valence-corrected chi connectivity index (χ1v) is 5.89. The molecule has 0 aromatic heterocycles. The van der Waals surface area contributed by atoms with Crippen molar-refractivity contribution in [1.82, 2.24) is 0 Å². The molecule has 18 heavy (non-hydrogen) atoms. The second kappa shape index (κ2) is 4.08. The van der Waals surface area contributed by atoms with Crippen molar-refractivity contribution >= 4 is 22.1 Å². The van der Waals surface area contributed by atoms with E-state index >= 15 is 0 Å². The summed E-state index contributed by atoms with van der Waals surface area (Å²) in [5, 5.41) is 2.40. The van der Waals surface area contributed by atoms with Crippen LogP contribution in [0.2, 0.25) is 0 Å². The molecule has 3 aromatic rings. The van der Waals surface area contributed by atoms with Crippen LogP contribution < -0.4 is 11.5 Å². The molecule has 0 aliphatic carbocycles. The molecule has 0 aliphatic heterocycles. The Morgan fingerprint density at radius 1 is 0.611 bits per heavy atom. The molecule has 3 rings (SSSR count). The summed E-state index contributed by atoms with van der Waals surface area (Å²) < 4.78 is 0. The van der Waals surface area contributed by atoms with E-state index in [1.165, 1.54) is 10.8 Å². The maximum Gasteiger partial charge on any atom is 0.0627 e. The SMILES string of the molecule is Nc1cccc(-c2cccc3ccccc23)c1N. The first-order valence-electron chi connectivity index (χ1n) is 5.89. The summed E-state index contributed by atoms with van der Waals surface area (Å²) in [6.45, 7) is 0. The van der Waals surface area contributed by atoms with E-state index < -0.39 is 0 Å². The highest BCUT2D eigenvalue weighted by atomic mass is 14.7. The lowest BCUT2D eigenvalue weighted by molar-refractivity contribution is 1.63. The fourth-order valence-electron chi connectivity index (χ4n) is 2.28. The number of fused-ring (bicyclic) bond motifs is 1. The van der Waals surface area contributed by atoms with Crippen molar-refractivity contribution in [2.45, 2.75) is 0 Å². The minimum Gasteiger partial charge on any atom is -0.397 e. The topological polar surface area (TPSA) is 52.0 Å². The van der Waals surface area contributed by atoms with Crippen molar-refractivity contribution in [3.63, 3.8) is 0 Å². The minimum atomic E-state index is 0.625. The fourth-order valence-corrected chi connectivity index (χ4v) is 2.28. The highest BCUT2D eigenvalue weighted by Gasteiger charge is 2.07. The van der Waals surface area contributed by atoms with Gasteiger partial charge in [0.05, 0.1) is 11.4 Å². The number of nitrogens with two attached hydrogens (primary N) is 2. The summed E-state index contributed by atoms with van der Waals surface area (Å²) >= 11 is 0. The maximum atomic E-state index is 6.08. The highest BCUT2D eigenvalue weighted by molar-refractivity contribution is 6.00. The van der Waals surface area contributed by atoms with Gasteiger partial charge in [-0.2, -0.15) is 0 Å². The molecule has 2 heteroatoms. The van der Waals surface area contributed by atoms with Gasteiger partial charge in [0.1, 0.15) is 0 Å². The zero-order chi connectivity index (χ0) is 12.5. The Labute approximate surface area is 106 Å². The number of para-hydroxylation sites is 1. The van der Waals surface area contributed by atoms with Crippen LogP contribution in [0.1, 0.15) is 0 Å². The van der Waals surface area contributed by atoms with E-state index in [1.807, 2.05) is 36.4 Å². The van der Waals surface area contributed by atoms with E-state index in [0.29, 0.717) is 11.4 Å². The highest BCUT2D eigenvalue weighted by Crippen LogP contribution is 2.34. The van der Waals surface area contributed by atoms with Gasteiger partial charge in [-0.25, -0.2) is 0 Å². The third-order valence-electron chi connectivity index (χ3n) is 3.22. The Balaban J connectivity index is 2.35. The van der Waals surface area contributed by atoms with Gasteiger partial charge >= 0.3 is 0 Å². The smallest absolute Gasteiger partial charge is 0.0627 e. The van der Waals surface area contributed by atoms with Crippen LogP contribution in [0.15, 0.2) is 60.7 Å². The second-order valence-electron chi connectivity index (χ2n) is 4.34. The molecular weight excluding hydrogens is 220 g/mol. The number of benzene rings is 3. The van der Waals surface area contributed by atoms with Crippen LogP contribution >= 0.6 is 0 Å². The molecule has 2 nitrogen and oxygen atoms in total. The van der Waals surface area contributed by atoms with Crippen LogP contribution in [-0.4, -0.2) is 0 Å². The Hall–Kier alpha value is -2.48. The average molecular weight is 234 g/mol. The van der Waals surface area contributed by atoms with E-state index in [-0.39, 0.29) is 0 Å². The van der Waals surface area contributed by atoms with Crippen molar-refractivity contribution in [2.75, 3.05) is 11.5 Å². The van der Waals surface area contributed by atoms with Gasteiger partial charge in [0.15, 0.2) is 0 Å². The number of rotatable bonds is 1. The van der Waals surface area contributed by atoms with E-state index in [0.717, 1.165) is 11.1 Å². The summed E-state index contributed by atoms with van der Waals surface area (Å²) in [5.74, 6) is 0. The largest absolute Gasteiger partial charge is 0.397 e. The Bertz CT molecular complexity index is 712. The molecule has 0 radical (unpaired) electrons. The quantitative estimate of drug-likeness (QED) is 0.631. The van der Waals surface area contributed by atoms with Gasteiger partial charge in [0.2, 0.25) is 0 Å². The van der Waals surface area contributed by atoms with Crippen molar-refractivity contribution in [3.8, 4) is 11.1 Å². The molecule has 88 valence electrons. The molecule has 4 N–H and O–H groups in total.